The topological polar surface area (TPSA) is 169 Å². The number of carboxylic acid groups (broad SMARTS) is 1. The van der Waals surface area contributed by atoms with E-state index < -0.39 is 54.7 Å². The second-order valence-electron chi connectivity index (χ2n) is 17.3. The second kappa shape index (κ2) is 39.1. The molecule has 6 unspecified atom stereocenters. The van der Waals surface area contributed by atoms with E-state index in [1.807, 2.05) is 0 Å². The number of aliphatic hydroxyl groups excluding tert-OH is 3. The number of hydrogen-bond donors (Lipinski definition) is 4. The molecule has 11 nitrogen and oxygen atoms in total. The number of ether oxygens (including phenoxy) is 4. The zero-order valence-corrected chi connectivity index (χ0v) is 37.8. The number of carbonyl (C=O) groups is 3. The molecule has 0 aromatic carbocycles. The van der Waals surface area contributed by atoms with Crippen LogP contribution in [-0.4, -0.2) is 88.4 Å². The Bertz CT molecular complexity index is 994. The van der Waals surface area contributed by atoms with Crippen molar-refractivity contribution in [2.75, 3.05) is 13.2 Å². The molecule has 0 saturated carbocycles. The third kappa shape index (κ3) is 30.8. The van der Waals surface area contributed by atoms with Crippen molar-refractivity contribution in [2.24, 2.45) is 0 Å². The summed E-state index contributed by atoms with van der Waals surface area (Å²) in [4.78, 5) is 36.9. The number of carbonyl (C=O) groups excluding carboxylic acids is 2. The SMILES string of the molecule is CCCCCCCCCCCCCCCCCCCC(=O)OCC(COC1OC(C(=O)O)C(O)C(O)C1O)OC(=O)CCCCCCCCCCCCCCCCCC. The summed E-state index contributed by atoms with van der Waals surface area (Å²) in [5, 5.41) is 39.9. The van der Waals surface area contributed by atoms with Gasteiger partial charge in [-0.2, -0.15) is 0 Å². The Morgan fingerprint density at radius 1 is 0.458 bits per heavy atom. The first kappa shape index (κ1) is 55.2. The fraction of sp³-hybridized carbons (Fsp3) is 0.938. The lowest BCUT2D eigenvalue weighted by molar-refractivity contribution is -0.298. The molecule has 0 radical (unpaired) electrons. The van der Waals surface area contributed by atoms with E-state index >= 15 is 0 Å². The summed E-state index contributed by atoms with van der Waals surface area (Å²) >= 11 is 0. The standard InChI is InChI=1S/C48H90O11/c1-3-5-7-9-11-13-15-17-19-21-23-24-26-28-30-32-34-36-41(49)56-38-40(39-57-48-45(53)43(51)44(52)46(59-48)47(54)55)58-42(50)37-35-33-31-29-27-25-22-20-18-16-14-12-10-8-6-4-2/h40,43-46,48,51-53H,3-39H2,1-2H3,(H,54,55). The van der Waals surface area contributed by atoms with Crippen molar-refractivity contribution in [1.82, 2.24) is 0 Å². The van der Waals surface area contributed by atoms with E-state index in [2.05, 4.69) is 13.8 Å². The van der Waals surface area contributed by atoms with Crippen LogP contribution in [0.1, 0.15) is 239 Å². The first-order valence-corrected chi connectivity index (χ1v) is 24.6. The maximum absolute atomic E-state index is 12.8. The van der Waals surface area contributed by atoms with Gasteiger partial charge >= 0.3 is 17.9 Å². The molecule has 1 fully saturated rings. The monoisotopic (exact) mass is 843 g/mol. The van der Waals surface area contributed by atoms with E-state index in [1.165, 1.54) is 161 Å². The van der Waals surface area contributed by atoms with Crippen molar-refractivity contribution in [3.8, 4) is 0 Å². The number of aliphatic hydroxyl groups is 3. The molecule has 0 aromatic heterocycles. The van der Waals surface area contributed by atoms with Gasteiger partial charge in [-0.15, -0.1) is 0 Å². The second-order valence-corrected chi connectivity index (χ2v) is 17.3. The summed E-state index contributed by atoms with van der Waals surface area (Å²) in [7, 11) is 0. The van der Waals surface area contributed by atoms with Gasteiger partial charge in [-0.25, -0.2) is 4.79 Å². The number of aliphatic carboxylic acids is 1. The van der Waals surface area contributed by atoms with E-state index in [0.717, 1.165) is 38.5 Å². The predicted molar refractivity (Wildman–Crippen MR) is 234 cm³/mol. The normalized spacial score (nSPS) is 19.8. The minimum atomic E-state index is -1.86. The molecule has 348 valence electrons. The van der Waals surface area contributed by atoms with Gasteiger partial charge < -0.3 is 39.4 Å². The number of rotatable bonds is 42. The Morgan fingerprint density at radius 2 is 0.797 bits per heavy atom. The maximum atomic E-state index is 12.8. The smallest absolute Gasteiger partial charge is 0.335 e. The number of hydrogen-bond acceptors (Lipinski definition) is 10. The summed E-state index contributed by atoms with van der Waals surface area (Å²) in [6.07, 6.45) is 31.5. The summed E-state index contributed by atoms with van der Waals surface area (Å²) in [5.74, 6) is -2.42. The first-order valence-electron chi connectivity index (χ1n) is 24.6. The Morgan fingerprint density at radius 3 is 1.15 bits per heavy atom. The van der Waals surface area contributed by atoms with Gasteiger partial charge in [0.2, 0.25) is 0 Å². The van der Waals surface area contributed by atoms with Gasteiger partial charge in [0.25, 0.3) is 0 Å². The Balaban J connectivity index is 2.31. The summed E-state index contributed by atoms with van der Waals surface area (Å²) in [5.41, 5.74) is 0. The van der Waals surface area contributed by atoms with Crippen molar-refractivity contribution in [3.63, 3.8) is 0 Å². The highest BCUT2D eigenvalue weighted by molar-refractivity contribution is 5.73. The van der Waals surface area contributed by atoms with Crippen LogP contribution < -0.4 is 0 Å². The van der Waals surface area contributed by atoms with Gasteiger partial charge in [0.15, 0.2) is 18.5 Å². The van der Waals surface area contributed by atoms with Gasteiger partial charge in [0.05, 0.1) is 6.61 Å². The molecule has 0 aliphatic carbocycles. The molecular weight excluding hydrogens is 753 g/mol. The van der Waals surface area contributed by atoms with E-state index in [0.29, 0.717) is 12.8 Å². The fourth-order valence-corrected chi connectivity index (χ4v) is 7.82. The molecule has 1 aliphatic rings. The summed E-state index contributed by atoms with van der Waals surface area (Å²) < 4.78 is 21.8. The van der Waals surface area contributed by atoms with E-state index in [-0.39, 0.29) is 26.1 Å². The Hall–Kier alpha value is -1.79. The van der Waals surface area contributed by atoms with Crippen LogP contribution in [0.2, 0.25) is 0 Å². The van der Waals surface area contributed by atoms with Crippen molar-refractivity contribution in [2.45, 2.75) is 275 Å². The molecule has 1 rings (SSSR count). The minimum absolute atomic E-state index is 0.191. The summed E-state index contributed by atoms with van der Waals surface area (Å²) in [6, 6.07) is 0. The van der Waals surface area contributed by atoms with E-state index in [9.17, 15) is 34.8 Å². The van der Waals surface area contributed by atoms with Crippen LogP contribution in [0, 0.1) is 0 Å². The van der Waals surface area contributed by atoms with E-state index in [4.69, 9.17) is 18.9 Å². The quantitative estimate of drug-likeness (QED) is 0.0341. The van der Waals surface area contributed by atoms with Gasteiger partial charge in [-0.05, 0) is 12.8 Å². The molecule has 11 heteroatoms. The maximum Gasteiger partial charge on any atom is 0.335 e. The predicted octanol–water partition coefficient (Wildman–Crippen LogP) is 11.0. The molecule has 1 saturated heterocycles. The third-order valence-electron chi connectivity index (χ3n) is 11.7. The van der Waals surface area contributed by atoms with Crippen LogP contribution in [0.25, 0.3) is 0 Å². The van der Waals surface area contributed by atoms with Crippen LogP contribution in [0.15, 0.2) is 0 Å². The fourth-order valence-electron chi connectivity index (χ4n) is 7.82. The number of carboxylic acids is 1. The molecule has 6 atom stereocenters. The van der Waals surface area contributed by atoms with Crippen LogP contribution in [0.4, 0.5) is 0 Å². The highest BCUT2D eigenvalue weighted by Crippen LogP contribution is 2.23. The Labute approximate surface area is 359 Å². The molecule has 0 aromatic rings. The molecular formula is C48H90O11. The summed E-state index contributed by atoms with van der Waals surface area (Å²) in [6.45, 7) is 3.86. The molecule has 1 aliphatic heterocycles. The van der Waals surface area contributed by atoms with Crippen LogP contribution in [0.5, 0.6) is 0 Å². The van der Waals surface area contributed by atoms with Crippen molar-refractivity contribution in [3.05, 3.63) is 0 Å². The third-order valence-corrected chi connectivity index (χ3v) is 11.7. The largest absolute Gasteiger partial charge is 0.479 e. The molecule has 4 N–H and O–H groups in total. The molecule has 0 spiro atoms. The highest BCUT2D eigenvalue weighted by atomic mass is 16.7. The van der Waals surface area contributed by atoms with Crippen molar-refractivity contribution < 1.29 is 53.8 Å². The van der Waals surface area contributed by atoms with Crippen molar-refractivity contribution >= 4 is 17.9 Å². The van der Waals surface area contributed by atoms with Crippen molar-refractivity contribution in [1.29, 1.82) is 0 Å². The zero-order valence-electron chi connectivity index (χ0n) is 37.8. The molecule has 59 heavy (non-hydrogen) atoms. The minimum Gasteiger partial charge on any atom is -0.479 e. The molecule has 0 bridgehead atoms. The number of unbranched alkanes of at least 4 members (excludes halogenated alkanes) is 31. The molecule has 0 amide bonds. The first-order chi connectivity index (χ1) is 28.7. The average molecular weight is 843 g/mol. The van der Waals surface area contributed by atoms with E-state index in [1.54, 1.807) is 0 Å². The Kier molecular flexibility index (Phi) is 36.6. The van der Waals surface area contributed by atoms with Gasteiger partial charge in [-0.3, -0.25) is 9.59 Å². The lowest BCUT2D eigenvalue weighted by atomic mass is 9.99. The van der Waals surface area contributed by atoms with Crippen LogP contribution in [0.3, 0.4) is 0 Å². The lowest BCUT2D eigenvalue weighted by Crippen LogP contribution is -2.60. The van der Waals surface area contributed by atoms with Crippen LogP contribution in [-0.2, 0) is 33.3 Å². The lowest BCUT2D eigenvalue weighted by Gasteiger charge is -2.38. The molecule has 1 heterocycles. The zero-order chi connectivity index (χ0) is 43.2. The van der Waals surface area contributed by atoms with Crippen LogP contribution >= 0.6 is 0 Å². The van der Waals surface area contributed by atoms with Gasteiger partial charge in [0.1, 0.15) is 24.9 Å². The highest BCUT2D eigenvalue weighted by Gasteiger charge is 2.47. The van der Waals surface area contributed by atoms with Gasteiger partial charge in [-0.1, -0.05) is 213 Å². The van der Waals surface area contributed by atoms with Gasteiger partial charge in [0, 0.05) is 12.8 Å². The average Bonchev–Trinajstić information content (AvgIpc) is 3.22. The number of esters is 2.